The van der Waals surface area contributed by atoms with E-state index in [2.05, 4.69) is 9.27 Å². The molecule has 0 unspecified atom stereocenters. The third-order valence-corrected chi connectivity index (χ3v) is 6.32. The molecule has 2 rings (SSSR count). The average molecular weight is 319 g/mol. The summed E-state index contributed by atoms with van der Waals surface area (Å²) in [7, 11) is -3.34. The molecule has 1 aromatic heterocycles. The van der Waals surface area contributed by atoms with Gasteiger partial charge in [0.2, 0.25) is 0 Å². The number of sulfone groups is 1. The molecular weight excluding hydrogens is 298 g/mol. The SMILES string of the molecule is CCOC1CCN(c2snc(N)c2S(=O)(=O)CC)CC1. The van der Waals surface area contributed by atoms with Crippen molar-refractivity contribution in [3.05, 3.63) is 0 Å². The van der Waals surface area contributed by atoms with Crippen LogP contribution in [0.4, 0.5) is 10.8 Å². The summed E-state index contributed by atoms with van der Waals surface area (Å²) in [6.45, 7) is 5.88. The van der Waals surface area contributed by atoms with Gasteiger partial charge < -0.3 is 15.4 Å². The van der Waals surface area contributed by atoms with Gasteiger partial charge in [0.1, 0.15) is 9.90 Å². The van der Waals surface area contributed by atoms with Crippen LogP contribution in [0.15, 0.2) is 4.90 Å². The average Bonchev–Trinajstić information content (AvgIpc) is 2.83. The number of nitrogen functional groups attached to an aromatic ring is 1. The molecule has 114 valence electrons. The Morgan fingerprint density at radius 1 is 1.40 bits per heavy atom. The van der Waals surface area contributed by atoms with E-state index in [0.29, 0.717) is 11.6 Å². The minimum atomic E-state index is -3.34. The van der Waals surface area contributed by atoms with Gasteiger partial charge in [0.25, 0.3) is 0 Å². The molecule has 0 aliphatic carbocycles. The Bertz CT molecular complexity index is 548. The van der Waals surface area contributed by atoms with Crippen LogP contribution in [-0.2, 0) is 14.6 Å². The largest absolute Gasteiger partial charge is 0.382 e. The predicted molar refractivity (Wildman–Crippen MR) is 81.1 cm³/mol. The molecule has 0 bridgehead atoms. The van der Waals surface area contributed by atoms with E-state index in [1.165, 1.54) is 11.5 Å². The molecule has 1 aromatic rings. The van der Waals surface area contributed by atoms with Gasteiger partial charge in [-0.05, 0) is 31.3 Å². The molecule has 8 heteroatoms. The molecule has 1 saturated heterocycles. The Labute approximate surface area is 124 Å². The van der Waals surface area contributed by atoms with Crippen LogP contribution in [0.1, 0.15) is 26.7 Å². The highest BCUT2D eigenvalue weighted by atomic mass is 32.2. The van der Waals surface area contributed by atoms with Crippen molar-refractivity contribution in [3.8, 4) is 0 Å². The van der Waals surface area contributed by atoms with Crippen molar-refractivity contribution < 1.29 is 13.2 Å². The van der Waals surface area contributed by atoms with E-state index < -0.39 is 9.84 Å². The van der Waals surface area contributed by atoms with Crippen molar-refractivity contribution >= 4 is 32.2 Å². The summed E-state index contributed by atoms with van der Waals surface area (Å²) in [6, 6.07) is 0. The lowest BCUT2D eigenvalue weighted by molar-refractivity contribution is 0.0459. The number of ether oxygens (including phenoxy) is 1. The smallest absolute Gasteiger partial charge is 0.184 e. The molecule has 0 spiro atoms. The quantitative estimate of drug-likeness (QED) is 0.885. The third-order valence-electron chi connectivity index (χ3n) is 3.48. The highest BCUT2D eigenvalue weighted by Crippen LogP contribution is 2.36. The van der Waals surface area contributed by atoms with Crippen LogP contribution in [0.3, 0.4) is 0 Å². The highest BCUT2D eigenvalue weighted by molar-refractivity contribution is 7.91. The summed E-state index contributed by atoms with van der Waals surface area (Å²) < 4.78 is 33.9. The van der Waals surface area contributed by atoms with Crippen LogP contribution in [-0.4, -0.2) is 44.3 Å². The van der Waals surface area contributed by atoms with Crippen LogP contribution in [0.25, 0.3) is 0 Å². The van der Waals surface area contributed by atoms with Gasteiger partial charge in [-0.25, -0.2) is 8.42 Å². The van der Waals surface area contributed by atoms with E-state index >= 15 is 0 Å². The van der Waals surface area contributed by atoms with Gasteiger partial charge in [-0.2, -0.15) is 4.37 Å². The minimum Gasteiger partial charge on any atom is -0.382 e. The number of aromatic nitrogens is 1. The molecule has 0 saturated carbocycles. The van der Waals surface area contributed by atoms with Crippen LogP contribution < -0.4 is 10.6 Å². The first-order chi connectivity index (χ1) is 9.49. The van der Waals surface area contributed by atoms with Crippen molar-refractivity contribution in [3.63, 3.8) is 0 Å². The van der Waals surface area contributed by atoms with E-state index in [0.717, 1.165) is 25.9 Å². The van der Waals surface area contributed by atoms with Gasteiger partial charge >= 0.3 is 0 Å². The Balaban J connectivity index is 2.19. The summed E-state index contributed by atoms with van der Waals surface area (Å²) in [6.07, 6.45) is 2.07. The molecule has 1 aliphatic heterocycles. The molecule has 0 amide bonds. The zero-order valence-corrected chi connectivity index (χ0v) is 13.5. The lowest BCUT2D eigenvalue weighted by atomic mass is 10.1. The second-order valence-electron chi connectivity index (χ2n) is 4.75. The van der Waals surface area contributed by atoms with Gasteiger partial charge in [0, 0.05) is 19.7 Å². The summed E-state index contributed by atoms with van der Waals surface area (Å²) in [5, 5.41) is 0.680. The second kappa shape index (κ2) is 6.28. The molecule has 0 radical (unpaired) electrons. The summed E-state index contributed by atoms with van der Waals surface area (Å²) in [5.74, 6) is 0.164. The predicted octanol–water partition coefficient (Wildman–Crippen LogP) is 1.52. The highest BCUT2D eigenvalue weighted by Gasteiger charge is 2.29. The Morgan fingerprint density at radius 3 is 2.60 bits per heavy atom. The molecule has 0 atom stereocenters. The Hall–Kier alpha value is -0.860. The van der Waals surface area contributed by atoms with E-state index in [9.17, 15) is 8.42 Å². The first-order valence-electron chi connectivity index (χ1n) is 6.84. The van der Waals surface area contributed by atoms with Crippen LogP contribution in [0, 0.1) is 0 Å². The first kappa shape index (κ1) is 15.5. The Morgan fingerprint density at radius 2 is 2.05 bits per heavy atom. The monoisotopic (exact) mass is 319 g/mol. The van der Waals surface area contributed by atoms with Crippen molar-refractivity contribution in [2.45, 2.75) is 37.7 Å². The summed E-state index contributed by atoms with van der Waals surface area (Å²) >= 11 is 1.17. The fraction of sp³-hybridized carbons (Fsp3) is 0.750. The van der Waals surface area contributed by atoms with Crippen LogP contribution in [0.2, 0.25) is 0 Å². The van der Waals surface area contributed by atoms with Crippen molar-refractivity contribution in [1.82, 2.24) is 4.37 Å². The number of rotatable bonds is 5. The normalized spacial score (nSPS) is 17.6. The Kier molecular flexibility index (Phi) is 4.87. The molecular formula is C12H21N3O3S2. The molecule has 1 aliphatic rings. The maximum absolute atomic E-state index is 12.1. The van der Waals surface area contributed by atoms with Crippen molar-refractivity contribution in [2.75, 3.05) is 36.1 Å². The number of hydrogen-bond donors (Lipinski definition) is 1. The molecule has 6 nitrogen and oxygen atoms in total. The standard InChI is InChI=1S/C12H21N3O3S2/c1-3-18-9-5-7-15(8-6-9)12-10(11(13)14-19-12)20(16,17)4-2/h9H,3-8H2,1-2H3,(H2,13,14). The molecule has 2 heterocycles. The van der Waals surface area contributed by atoms with Gasteiger partial charge in [-0.3, -0.25) is 0 Å². The fourth-order valence-corrected chi connectivity index (χ4v) is 4.74. The maximum Gasteiger partial charge on any atom is 0.184 e. The van der Waals surface area contributed by atoms with Gasteiger partial charge in [-0.15, -0.1) is 0 Å². The topological polar surface area (TPSA) is 85.5 Å². The lowest BCUT2D eigenvalue weighted by Crippen LogP contribution is -2.37. The van der Waals surface area contributed by atoms with E-state index in [4.69, 9.17) is 10.5 Å². The van der Waals surface area contributed by atoms with Crippen molar-refractivity contribution in [2.24, 2.45) is 0 Å². The first-order valence-corrected chi connectivity index (χ1v) is 9.26. The zero-order valence-electron chi connectivity index (χ0n) is 11.8. The van der Waals surface area contributed by atoms with Crippen LogP contribution in [0.5, 0.6) is 0 Å². The lowest BCUT2D eigenvalue weighted by Gasteiger charge is -2.32. The fourth-order valence-electron chi connectivity index (χ4n) is 2.38. The second-order valence-corrected chi connectivity index (χ2v) is 7.71. The third kappa shape index (κ3) is 3.07. The van der Waals surface area contributed by atoms with E-state index in [1.807, 2.05) is 6.92 Å². The summed E-state index contributed by atoms with van der Waals surface area (Å²) in [5.41, 5.74) is 5.75. The maximum atomic E-state index is 12.1. The van der Waals surface area contributed by atoms with E-state index in [1.54, 1.807) is 6.92 Å². The number of piperidine rings is 1. The van der Waals surface area contributed by atoms with Crippen molar-refractivity contribution in [1.29, 1.82) is 0 Å². The number of nitrogens with zero attached hydrogens (tertiary/aromatic N) is 2. The molecule has 2 N–H and O–H groups in total. The number of nitrogens with two attached hydrogens (primary N) is 1. The number of hydrogen-bond acceptors (Lipinski definition) is 7. The minimum absolute atomic E-state index is 0.0397. The van der Waals surface area contributed by atoms with Gasteiger partial charge in [-0.1, -0.05) is 6.92 Å². The van der Waals surface area contributed by atoms with Gasteiger partial charge in [0.05, 0.1) is 11.9 Å². The molecule has 1 fully saturated rings. The van der Waals surface area contributed by atoms with Crippen LogP contribution >= 0.6 is 11.5 Å². The zero-order chi connectivity index (χ0) is 14.8. The molecule has 0 aromatic carbocycles. The van der Waals surface area contributed by atoms with E-state index in [-0.39, 0.29) is 22.6 Å². The number of anilines is 2. The van der Waals surface area contributed by atoms with Gasteiger partial charge in [0.15, 0.2) is 15.7 Å². The molecule has 20 heavy (non-hydrogen) atoms. The summed E-state index contributed by atoms with van der Waals surface area (Å²) in [4.78, 5) is 2.27.